The Morgan fingerprint density at radius 2 is 2.20 bits per heavy atom. The van der Waals surface area contributed by atoms with Crippen molar-refractivity contribution in [2.45, 2.75) is 19.9 Å². The zero-order valence-electron chi connectivity index (χ0n) is 8.60. The number of benzene rings is 1. The highest BCUT2D eigenvalue weighted by molar-refractivity contribution is 5.41. The van der Waals surface area contributed by atoms with Crippen LogP contribution in [0.15, 0.2) is 18.2 Å². The topological polar surface area (TPSA) is 82.8 Å². The van der Waals surface area contributed by atoms with Gasteiger partial charge in [0.1, 0.15) is 6.54 Å². The van der Waals surface area contributed by atoms with Gasteiger partial charge >= 0.3 is 0 Å². The summed E-state index contributed by atoms with van der Waals surface area (Å²) in [5, 5.41) is 23.8. The van der Waals surface area contributed by atoms with Crippen LogP contribution in [0, 0.1) is 10.1 Å². The third kappa shape index (κ3) is 3.21. The maximum absolute atomic E-state index is 11.3. The third-order valence-electron chi connectivity index (χ3n) is 2.11. The molecule has 0 saturated carbocycles. The molecule has 0 unspecified atom stereocenters. The van der Waals surface area contributed by atoms with E-state index in [0.29, 0.717) is 12.1 Å². The Balaban J connectivity index is 2.76. The van der Waals surface area contributed by atoms with E-state index in [9.17, 15) is 15.2 Å². The average molecular weight is 210 g/mol. The van der Waals surface area contributed by atoms with Crippen LogP contribution in [0.1, 0.15) is 18.9 Å². The van der Waals surface area contributed by atoms with Gasteiger partial charge in [0, 0.05) is 17.7 Å². The van der Waals surface area contributed by atoms with Crippen LogP contribution in [-0.4, -0.2) is 11.5 Å². The highest BCUT2D eigenvalue weighted by Gasteiger charge is 2.07. The van der Waals surface area contributed by atoms with Gasteiger partial charge in [-0.15, -0.1) is 0 Å². The van der Waals surface area contributed by atoms with E-state index < -0.39 is 4.92 Å². The Labute approximate surface area is 87.9 Å². The molecule has 0 aromatic heterocycles. The van der Waals surface area contributed by atoms with E-state index in [1.165, 1.54) is 18.2 Å². The van der Waals surface area contributed by atoms with E-state index in [4.69, 9.17) is 0 Å². The molecule has 0 aliphatic heterocycles. The van der Waals surface area contributed by atoms with Crippen LogP contribution < -0.4 is 10.4 Å². The highest BCUT2D eigenvalue weighted by Crippen LogP contribution is 2.19. The highest BCUT2D eigenvalue weighted by atomic mass is 16.6. The van der Waals surface area contributed by atoms with Gasteiger partial charge in [-0.25, -0.2) is 0 Å². The molecule has 1 aromatic rings. The molecule has 1 aromatic carbocycles. The number of hydrogen-bond donors (Lipinski definition) is 1. The van der Waals surface area contributed by atoms with Gasteiger partial charge in [-0.05, 0) is 6.42 Å². The fourth-order valence-electron chi connectivity index (χ4n) is 1.30. The monoisotopic (exact) mass is 210 g/mol. The van der Waals surface area contributed by atoms with Gasteiger partial charge in [0.05, 0.1) is 11.5 Å². The van der Waals surface area contributed by atoms with Crippen molar-refractivity contribution in [3.8, 4) is 5.75 Å². The van der Waals surface area contributed by atoms with Crippen LogP contribution in [0.25, 0.3) is 0 Å². The Kier molecular flexibility index (Phi) is 4.05. The molecular formula is C10H14N2O3. The molecule has 0 saturated heterocycles. The lowest BCUT2D eigenvalue weighted by Gasteiger charge is -2.11. The molecular weight excluding hydrogens is 196 g/mol. The zero-order chi connectivity index (χ0) is 11.3. The normalized spacial score (nSPS) is 10.2. The fraction of sp³-hybridized carbons (Fsp3) is 0.400. The zero-order valence-corrected chi connectivity index (χ0v) is 8.60. The van der Waals surface area contributed by atoms with Gasteiger partial charge in [-0.2, -0.15) is 0 Å². The Bertz CT molecular complexity index is 353. The van der Waals surface area contributed by atoms with E-state index in [0.717, 1.165) is 13.0 Å². The van der Waals surface area contributed by atoms with Crippen LogP contribution in [0.2, 0.25) is 0 Å². The first kappa shape index (κ1) is 11.5. The van der Waals surface area contributed by atoms with Crippen LogP contribution in [0.5, 0.6) is 5.75 Å². The average Bonchev–Trinajstić information content (AvgIpc) is 2.20. The molecule has 0 heterocycles. The molecule has 0 aliphatic rings. The van der Waals surface area contributed by atoms with Gasteiger partial charge in [0.15, 0.2) is 0 Å². The number of rotatable bonds is 5. The summed E-state index contributed by atoms with van der Waals surface area (Å²) in [7, 11) is 0. The number of nitro groups is 1. The summed E-state index contributed by atoms with van der Waals surface area (Å²) in [6.45, 7) is 3.47. The van der Waals surface area contributed by atoms with Crippen molar-refractivity contribution in [2.24, 2.45) is 0 Å². The van der Waals surface area contributed by atoms with Gasteiger partial charge in [0.2, 0.25) is 0 Å². The lowest BCUT2D eigenvalue weighted by atomic mass is 10.2. The van der Waals surface area contributed by atoms with Crippen molar-refractivity contribution < 1.29 is 15.3 Å². The lowest BCUT2D eigenvalue weighted by Crippen LogP contribution is -2.82. The molecule has 0 fully saturated rings. The van der Waals surface area contributed by atoms with Gasteiger partial charge in [-0.3, -0.25) is 10.1 Å². The van der Waals surface area contributed by atoms with Crippen molar-refractivity contribution in [1.82, 2.24) is 0 Å². The molecule has 0 amide bonds. The number of nitrogens with two attached hydrogens (primary N) is 1. The van der Waals surface area contributed by atoms with Crippen LogP contribution in [0.3, 0.4) is 0 Å². The van der Waals surface area contributed by atoms with Crippen molar-refractivity contribution in [3.05, 3.63) is 33.9 Å². The predicted molar refractivity (Wildman–Crippen MR) is 53.3 cm³/mol. The van der Waals surface area contributed by atoms with Crippen molar-refractivity contribution >= 4 is 5.69 Å². The second-order valence-electron chi connectivity index (χ2n) is 3.33. The Morgan fingerprint density at radius 1 is 1.47 bits per heavy atom. The van der Waals surface area contributed by atoms with Gasteiger partial charge < -0.3 is 10.4 Å². The van der Waals surface area contributed by atoms with Gasteiger partial charge in [0.25, 0.3) is 5.69 Å². The number of hydrogen-bond acceptors (Lipinski definition) is 3. The predicted octanol–water partition coefficient (Wildman–Crippen LogP) is 0.142. The standard InChI is InChI=1S/C10H14N2O3/c1-2-5-11-7-8-6-9(12(14)15)3-4-10(8)13/h3-4,6,11,13H,2,5,7H2,1H3. The first-order chi connectivity index (χ1) is 7.15. The summed E-state index contributed by atoms with van der Waals surface area (Å²) in [6.07, 6.45) is 1.02. The van der Waals surface area contributed by atoms with Crippen molar-refractivity contribution in [2.75, 3.05) is 6.54 Å². The molecule has 5 nitrogen and oxygen atoms in total. The quantitative estimate of drug-likeness (QED) is 0.426. The van der Waals surface area contributed by atoms with Crippen molar-refractivity contribution in [3.63, 3.8) is 0 Å². The van der Waals surface area contributed by atoms with E-state index >= 15 is 0 Å². The third-order valence-corrected chi connectivity index (χ3v) is 2.11. The van der Waals surface area contributed by atoms with Crippen LogP contribution >= 0.6 is 0 Å². The SMILES string of the molecule is CCC[NH2+]Cc1cc([N+](=O)[O-])ccc1[O-]. The number of non-ortho nitro benzene ring substituents is 1. The smallest absolute Gasteiger partial charge is 0.269 e. The first-order valence-corrected chi connectivity index (χ1v) is 4.91. The Morgan fingerprint density at radius 3 is 2.80 bits per heavy atom. The molecule has 0 atom stereocenters. The summed E-state index contributed by atoms with van der Waals surface area (Å²) in [6, 6.07) is 3.85. The largest absolute Gasteiger partial charge is 0.872 e. The summed E-state index contributed by atoms with van der Waals surface area (Å²) in [4.78, 5) is 10.0. The number of nitro benzene ring substituents is 1. The Hall–Kier alpha value is -1.62. The van der Waals surface area contributed by atoms with E-state index in [2.05, 4.69) is 0 Å². The molecule has 1 rings (SSSR count). The minimum atomic E-state index is -0.483. The minimum absolute atomic E-state index is 0.0190. The van der Waals surface area contributed by atoms with E-state index in [1.54, 1.807) is 0 Å². The minimum Gasteiger partial charge on any atom is -0.872 e. The number of quaternary nitrogens is 1. The van der Waals surface area contributed by atoms with Crippen LogP contribution in [0.4, 0.5) is 5.69 Å². The molecule has 0 spiro atoms. The summed E-state index contributed by atoms with van der Waals surface area (Å²) >= 11 is 0. The fourth-order valence-corrected chi connectivity index (χ4v) is 1.30. The van der Waals surface area contributed by atoms with Crippen molar-refractivity contribution in [1.29, 1.82) is 0 Å². The van der Waals surface area contributed by atoms with E-state index in [-0.39, 0.29) is 11.4 Å². The summed E-state index contributed by atoms with van der Waals surface area (Å²) < 4.78 is 0. The molecule has 0 radical (unpaired) electrons. The van der Waals surface area contributed by atoms with Gasteiger partial charge in [-0.1, -0.05) is 18.7 Å². The summed E-state index contributed by atoms with van der Waals surface area (Å²) in [5.74, 6) is -0.132. The second-order valence-corrected chi connectivity index (χ2v) is 3.33. The molecule has 82 valence electrons. The maximum Gasteiger partial charge on any atom is 0.269 e. The summed E-state index contributed by atoms with van der Waals surface area (Å²) in [5.41, 5.74) is 0.479. The number of nitrogens with zero attached hydrogens (tertiary/aromatic N) is 1. The maximum atomic E-state index is 11.3. The lowest BCUT2D eigenvalue weighted by molar-refractivity contribution is -0.670. The van der Waals surface area contributed by atoms with E-state index in [1.807, 2.05) is 12.2 Å². The molecule has 0 aliphatic carbocycles. The first-order valence-electron chi connectivity index (χ1n) is 4.91. The second kappa shape index (κ2) is 5.31. The molecule has 15 heavy (non-hydrogen) atoms. The van der Waals surface area contributed by atoms with Crippen LogP contribution in [-0.2, 0) is 6.54 Å². The molecule has 0 bridgehead atoms. The molecule has 5 heteroatoms. The molecule has 2 N–H and O–H groups in total.